The Labute approximate surface area is 224 Å². The van der Waals surface area contributed by atoms with Crippen molar-refractivity contribution in [3.8, 4) is 17.1 Å². The molecule has 4 aromatic rings. The van der Waals surface area contributed by atoms with Crippen LogP contribution in [-0.2, 0) is 24.2 Å². The van der Waals surface area contributed by atoms with Gasteiger partial charge in [0, 0.05) is 37.3 Å². The Morgan fingerprint density at radius 2 is 1.66 bits per heavy atom. The van der Waals surface area contributed by atoms with E-state index in [9.17, 15) is 4.79 Å². The normalized spacial score (nSPS) is 15.9. The van der Waals surface area contributed by atoms with Gasteiger partial charge in [0.1, 0.15) is 5.82 Å². The van der Waals surface area contributed by atoms with Crippen molar-refractivity contribution in [2.75, 3.05) is 38.0 Å². The van der Waals surface area contributed by atoms with Crippen molar-refractivity contribution in [3.63, 3.8) is 0 Å². The maximum Gasteiger partial charge on any atom is 0.238 e. The second-order valence-electron chi connectivity index (χ2n) is 10.4. The molecule has 3 aromatic carbocycles. The number of amides is 1. The highest BCUT2D eigenvalue weighted by Gasteiger charge is 2.23. The van der Waals surface area contributed by atoms with E-state index in [1.54, 1.807) is 0 Å². The maximum atomic E-state index is 13.0. The first-order valence-electron chi connectivity index (χ1n) is 13.6. The number of carbonyl (C=O) groups excluding carboxylic acids is 1. The lowest BCUT2D eigenvalue weighted by atomic mass is 10.0. The Balaban J connectivity index is 1.08. The molecule has 7 nitrogen and oxygen atoms in total. The van der Waals surface area contributed by atoms with Crippen molar-refractivity contribution in [1.29, 1.82) is 0 Å². The van der Waals surface area contributed by atoms with Crippen LogP contribution in [0.15, 0.2) is 72.8 Å². The van der Waals surface area contributed by atoms with Crippen molar-refractivity contribution >= 4 is 11.6 Å². The van der Waals surface area contributed by atoms with E-state index in [1.807, 2.05) is 24.3 Å². The summed E-state index contributed by atoms with van der Waals surface area (Å²) in [5, 5.41) is 12.1. The van der Waals surface area contributed by atoms with Crippen molar-refractivity contribution in [2.45, 2.75) is 32.7 Å². The zero-order chi connectivity index (χ0) is 25.9. The molecule has 0 radical (unpaired) electrons. The monoisotopic (exact) mass is 506 g/mol. The molecular formula is C31H34N6O. The van der Waals surface area contributed by atoms with Gasteiger partial charge in [-0.1, -0.05) is 60.2 Å². The largest absolute Gasteiger partial charge is 0.325 e. The number of nitrogens with zero attached hydrogens (tertiary/aromatic N) is 5. The summed E-state index contributed by atoms with van der Waals surface area (Å²) in [6, 6.07) is 25.1. The van der Waals surface area contributed by atoms with Crippen LogP contribution < -0.4 is 5.32 Å². The average molecular weight is 507 g/mol. The van der Waals surface area contributed by atoms with Gasteiger partial charge in [0.2, 0.25) is 5.91 Å². The fourth-order valence-corrected chi connectivity index (χ4v) is 5.53. The third kappa shape index (κ3) is 5.39. The Bertz CT molecular complexity index is 1410. The third-order valence-electron chi connectivity index (χ3n) is 7.56. The Morgan fingerprint density at radius 3 is 2.50 bits per heavy atom. The van der Waals surface area contributed by atoms with Crippen molar-refractivity contribution in [3.05, 3.63) is 95.3 Å². The molecule has 0 aliphatic carbocycles. The zero-order valence-corrected chi connectivity index (χ0v) is 21.9. The zero-order valence-electron chi connectivity index (χ0n) is 21.9. The molecule has 38 heavy (non-hydrogen) atoms. The Hall–Kier alpha value is -3.81. The van der Waals surface area contributed by atoms with E-state index >= 15 is 0 Å². The van der Waals surface area contributed by atoms with E-state index in [0.29, 0.717) is 6.54 Å². The van der Waals surface area contributed by atoms with Gasteiger partial charge < -0.3 is 5.32 Å². The summed E-state index contributed by atoms with van der Waals surface area (Å²) in [5.74, 6) is 1.88. The minimum Gasteiger partial charge on any atom is -0.325 e. The highest BCUT2D eigenvalue weighted by molar-refractivity contribution is 5.92. The van der Waals surface area contributed by atoms with E-state index in [-0.39, 0.29) is 5.91 Å². The van der Waals surface area contributed by atoms with E-state index < -0.39 is 0 Å². The Morgan fingerprint density at radius 1 is 0.868 bits per heavy atom. The number of hydrogen-bond donors (Lipinski definition) is 1. The quantitative estimate of drug-likeness (QED) is 0.418. The highest BCUT2D eigenvalue weighted by Crippen LogP contribution is 2.31. The molecule has 1 N–H and O–H groups in total. The molecule has 0 unspecified atom stereocenters. The molecular weight excluding hydrogens is 472 g/mol. The molecule has 0 atom stereocenters. The first-order valence-corrected chi connectivity index (χ1v) is 13.6. The van der Waals surface area contributed by atoms with Crippen LogP contribution >= 0.6 is 0 Å². The van der Waals surface area contributed by atoms with Gasteiger partial charge in [-0.15, -0.1) is 10.2 Å². The van der Waals surface area contributed by atoms with Crippen molar-refractivity contribution < 1.29 is 4.79 Å². The van der Waals surface area contributed by atoms with Crippen LogP contribution in [0.3, 0.4) is 0 Å². The van der Waals surface area contributed by atoms with Gasteiger partial charge in [-0.05, 0) is 62.2 Å². The number of carbonyl (C=O) groups is 1. The summed E-state index contributed by atoms with van der Waals surface area (Å²) in [6.07, 6.45) is 2.79. The molecule has 7 heteroatoms. The predicted octanol–water partition coefficient (Wildman–Crippen LogP) is 4.49. The first kappa shape index (κ1) is 24.5. The van der Waals surface area contributed by atoms with E-state index in [1.165, 1.54) is 16.7 Å². The van der Waals surface area contributed by atoms with Crippen LogP contribution in [0.5, 0.6) is 0 Å². The number of hydrogen-bond acceptors (Lipinski definition) is 5. The lowest BCUT2D eigenvalue weighted by molar-refractivity contribution is -0.117. The number of nitrogens with one attached hydrogen (secondary N) is 1. The van der Waals surface area contributed by atoms with Gasteiger partial charge >= 0.3 is 0 Å². The van der Waals surface area contributed by atoms with Crippen LogP contribution in [0.25, 0.3) is 17.1 Å². The van der Waals surface area contributed by atoms with E-state index in [2.05, 4.69) is 85.3 Å². The minimum atomic E-state index is 0.0442. The fourth-order valence-electron chi connectivity index (χ4n) is 5.53. The van der Waals surface area contributed by atoms with Gasteiger partial charge in [0.05, 0.1) is 12.2 Å². The van der Waals surface area contributed by atoms with Crippen molar-refractivity contribution in [2.24, 2.45) is 0 Å². The van der Waals surface area contributed by atoms with Crippen LogP contribution in [0.1, 0.15) is 28.9 Å². The van der Waals surface area contributed by atoms with Gasteiger partial charge in [-0.2, -0.15) is 0 Å². The molecule has 2 aliphatic heterocycles. The SMILES string of the molecule is Cc1ccc(CN2CCCN(CC(=O)Nc3ccc4c(c3)CCc3nnc(-c5ccccc5)n3-4)CC2)cc1. The van der Waals surface area contributed by atoms with Crippen molar-refractivity contribution in [1.82, 2.24) is 24.6 Å². The number of fused-ring (bicyclic) bond motifs is 3. The molecule has 1 fully saturated rings. The minimum absolute atomic E-state index is 0.0442. The van der Waals surface area contributed by atoms with Gasteiger partial charge in [0.15, 0.2) is 5.82 Å². The summed E-state index contributed by atoms with van der Waals surface area (Å²) in [6.45, 7) is 7.40. The smallest absolute Gasteiger partial charge is 0.238 e. The number of anilines is 1. The predicted molar refractivity (Wildman–Crippen MR) is 150 cm³/mol. The third-order valence-corrected chi connectivity index (χ3v) is 7.56. The lowest BCUT2D eigenvalue weighted by Gasteiger charge is -2.22. The molecule has 1 amide bonds. The summed E-state index contributed by atoms with van der Waals surface area (Å²) in [7, 11) is 0. The standard InChI is InChI=1S/C31H34N6O/c1-23-8-10-24(11-9-23)21-35-16-5-17-36(19-18-35)22-30(38)32-27-13-14-28-26(20-27)12-15-29-33-34-31(37(28)29)25-6-3-2-4-7-25/h2-4,6-11,13-14,20H,5,12,15-19,21-22H2,1H3,(H,32,38). The summed E-state index contributed by atoms with van der Waals surface area (Å²) in [5.41, 5.74) is 6.83. The van der Waals surface area contributed by atoms with Gasteiger partial charge in [-0.3, -0.25) is 19.2 Å². The van der Waals surface area contributed by atoms with Gasteiger partial charge in [-0.25, -0.2) is 0 Å². The fraction of sp³-hybridized carbons (Fsp3) is 0.323. The van der Waals surface area contributed by atoms with E-state index in [4.69, 9.17) is 0 Å². The molecule has 0 bridgehead atoms. The first-order chi connectivity index (χ1) is 18.6. The van der Waals surface area contributed by atoms with Crippen LogP contribution in [0, 0.1) is 6.92 Å². The molecule has 2 aliphatic rings. The molecule has 1 aromatic heterocycles. The summed E-state index contributed by atoms with van der Waals surface area (Å²) in [4.78, 5) is 17.7. The van der Waals surface area contributed by atoms with Crippen LogP contribution in [-0.4, -0.2) is 63.2 Å². The average Bonchev–Trinajstić information content (AvgIpc) is 3.26. The molecule has 0 spiro atoms. The number of rotatable bonds is 6. The summed E-state index contributed by atoms with van der Waals surface area (Å²) < 4.78 is 2.15. The Kier molecular flexibility index (Phi) is 7.03. The van der Waals surface area contributed by atoms with Gasteiger partial charge in [0.25, 0.3) is 0 Å². The van der Waals surface area contributed by atoms with Crippen LogP contribution in [0.2, 0.25) is 0 Å². The summed E-state index contributed by atoms with van der Waals surface area (Å²) >= 11 is 0. The highest BCUT2D eigenvalue weighted by atomic mass is 16.2. The molecule has 1 saturated heterocycles. The second-order valence-corrected chi connectivity index (χ2v) is 10.4. The lowest BCUT2D eigenvalue weighted by Crippen LogP contribution is -2.36. The molecule has 6 rings (SSSR count). The number of aryl methyl sites for hydroxylation is 3. The molecule has 194 valence electrons. The second kappa shape index (κ2) is 10.9. The van der Waals surface area contributed by atoms with E-state index in [0.717, 1.165) is 80.6 Å². The number of benzene rings is 3. The van der Waals surface area contributed by atoms with Crippen LogP contribution in [0.4, 0.5) is 5.69 Å². The topological polar surface area (TPSA) is 66.3 Å². The molecule has 0 saturated carbocycles. The molecule has 3 heterocycles. The maximum absolute atomic E-state index is 13.0. The number of aromatic nitrogens is 3.